The molecule has 0 amide bonds. The zero-order valence-electron chi connectivity index (χ0n) is 14.6. The predicted molar refractivity (Wildman–Crippen MR) is 94.1 cm³/mol. The van der Waals surface area contributed by atoms with Crippen molar-refractivity contribution in [2.24, 2.45) is 13.0 Å². The molecule has 1 saturated heterocycles. The molecule has 1 N–H and O–H groups in total. The van der Waals surface area contributed by atoms with Crippen molar-refractivity contribution in [1.29, 1.82) is 0 Å². The van der Waals surface area contributed by atoms with Crippen molar-refractivity contribution in [3.05, 3.63) is 30.5 Å². The molecule has 0 saturated carbocycles. The highest BCUT2D eigenvalue weighted by atomic mass is 16.5. The van der Waals surface area contributed by atoms with Gasteiger partial charge in [0.15, 0.2) is 5.65 Å². The summed E-state index contributed by atoms with van der Waals surface area (Å²) < 4.78 is 9.78. The van der Waals surface area contributed by atoms with Crippen molar-refractivity contribution in [3.63, 3.8) is 0 Å². The van der Waals surface area contributed by atoms with Crippen LogP contribution in [0.3, 0.4) is 0 Å². The molecule has 3 aromatic rings. The summed E-state index contributed by atoms with van der Waals surface area (Å²) in [4.78, 5) is 8.67. The van der Waals surface area contributed by atoms with Crippen molar-refractivity contribution < 1.29 is 4.74 Å². The first-order valence-electron chi connectivity index (χ1n) is 8.76. The molecule has 0 unspecified atom stereocenters. The summed E-state index contributed by atoms with van der Waals surface area (Å²) in [5.74, 6) is 1.21. The molecule has 132 valence electrons. The van der Waals surface area contributed by atoms with Crippen LogP contribution in [-0.2, 0) is 18.3 Å². The average Bonchev–Trinajstić information content (AvgIpc) is 3.28. The number of hydrogen-bond acceptors (Lipinski definition) is 6. The van der Waals surface area contributed by atoms with Gasteiger partial charge in [0, 0.05) is 44.4 Å². The van der Waals surface area contributed by atoms with E-state index in [9.17, 15) is 0 Å². The normalized spacial score (nSPS) is 20.9. The van der Waals surface area contributed by atoms with Crippen LogP contribution in [0.2, 0.25) is 0 Å². The molecular formula is C17H23N7O. The van der Waals surface area contributed by atoms with Crippen molar-refractivity contribution in [2.75, 3.05) is 18.5 Å². The van der Waals surface area contributed by atoms with E-state index in [2.05, 4.69) is 38.6 Å². The van der Waals surface area contributed by atoms with E-state index in [0.717, 1.165) is 55.0 Å². The number of aryl methyl sites for hydroxylation is 2. The van der Waals surface area contributed by atoms with Crippen molar-refractivity contribution >= 4 is 16.9 Å². The second-order valence-electron chi connectivity index (χ2n) is 6.43. The molecule has 1 aliphatic rings. The van der Waals surface area contributed by atoms with Gasteiger partial charge in [0.05, 0.1) is 23.9 Å². The fourth-order valence-electron chi connectivity index (χ4n) is 3.45. The summed E-state index contributed by atoms with van der Waals surface area (Å²) in [5.41, 5.74) is 1.99. The number of anilines is 1. The van der Waals surface area contributed by atoms with Gasteiger partial charge < -0.3 is 10.1 Å². The molecule has 4 rings (SSSR count). The predicted octanol–water partition coefficient (Wildman–Crippen LogP) is 2.16. The van der Waals surface area contributed by atoms with E-state index in [4.69, 9.17) is 4.74 Å². The molecule has 0 bridgehead atoms. The molecule has 1 aliphatic heterocycles. The third kappa shape index (κ3) is 3.09. The number of rotatable bonds is 5. The fraction of sp³-hybridized carbons (Fsp3) is 0.529. The lowest BCUT2D eigenvalue weighted by molar-refractivity contribution is -0.0239. The van der Waals surface area contributed by atoms with Crippen molar-refractivity contribution in [3.8, 4) is 0 Å². The summed E-state index contributed by atoms with van der Waals surface area (Å²) in [6.07, 6.45) is 9.67. The van der Waals surface area contributed by atoms with E-state index in [1.54, 1.807) is 17.2 Å². The largest absolute Gasteiger partial charge is 0.373 e. The molecule has 0 aromatic carbocycles. The number of nitrogens with zero attached hydrogens (tertiary/aromatic N) is 6. The maximum Gasteiger partial charge on any atom is 0.163 e. The summed E-state index contributed by atoms with van der Waals surface area (Å²) in [7, 11) is 1.88. The zero-order chi connectivity index (χ0) is 17.2. The van der Waals surface area contributed by atoms with Crippen LogP contribution in [0.25, 0.3) is 11.0 Å². The number of ether oxygens (including phenoxy) is 1. The lowest BCUT2D eigenvalue weighted by Gasteiger charge is -2.31. The summed E-state index contributed by atoms with van der Waals surface area (Å²) >= 11 is 0. The van der Waals surface area contributed by atoms with Crippen molar-refractivity contribution in [1.82, 2.24) is 29.5 Å². The first-order chi connectivity index (χ1) is 12.3. The van der Waals surface area contributed by atoms with Gasteiger partial charge >= 0.3 is 0 Å². The van der Waals surface area contributed by atoms with Crippen LogP contribution in [0, 0.1) is 5.92 Å². The lowest BCUT2D eigenvalue weighted by Crippen LogP contribution is -2.28. The molecule has 8 nitrogen and oxygen atoms in total. The average molecular weight is 341 g/mol. The molecule has 1 fully saturated rings. The Balaban J connectivity index is 1.51. The molecule has 4 heterocycles. The van der Waals surface area contributed by atoms with Gasteiger partial charge in [0.1, 0.15) is 12.1 Å². The third-order valence-corrected chi connectivity index (χ3v) is 4.81. The van der Waals surface area contributed by atoms with Gasteiger partial charge in [-0.1, -0.05) is 0 Å². The Morgan fingerprint density at radius 3 is 3.04 bits per heavy atom. The Hall–Kier alpha value is -2.48. The van der Waals surface area contributed by atoms with Crippen LogP contribution in [0.4, 0.5) is 5.82 Å². The SMILES string of the molecule is CCn1cc([C@@H]2OCCC[C@H]2CNc2ncnc3c2cnn3C)cn1. The summed E-state index contributed by atoms with van der Waals surface area (Å²) in [5, 5.41) is 13.1. The Morgan fingerprint density at radius 1 is 1.28 bits per heavy atom. The Labute approximate surface area is 146 Å². The maximum atomic E-state index is 6.07. The number of aromatic nitrogens is 6. The second-order valence-corrected chi connectivity index (χ2v) is 6.43. The monoisotopic (exact) mass is 341 g/mol. The zero-order valence-corrected chi connectivity index (χ0v) is 14.6. The second kappa shape index (κ2) is 6.79. The van der Waals surface area contributed by atoms with E-state index < -0.39 is 0 Å². The summed E-state index contributed by atoms with van der Waals surface area (Å²) in [6, 6.07) is 0. The highest BCUT2D eigenvalue weighted by Gasteiger charge is 2.28. The minimum Gasteiger partial charge on any atom is -0.373 e. The first-order valence-corrected chi connectivity index (χ1v) is 8.76. The van der Waals surface area contributed by atoms with Crippen LogP contribution in [-0.4, -0.2) is 42.7 Å². The third-order valence-electron chi connectivity index (χ3n) is 4.81. The Kier molecular flexibility index (Phi) is 4.35. The van der Waals surface area contributed by atoms with Gasteiger partial charge in [-0.25, -0.2) is 9.97 Å². The molecular weight excluding hydrogens is 318 g/mol. The number of fused-ring (bicyclic) bond motifs is 1. The Bertz CT molecular complexity index is 856. The molecule has 0 radical (unpaired) electrons. The maximum absolute atomic E-state index is 6.07. The van der Waals surface area contributed by atoms with E-state index in [-0.39, 0.29) is 6.10 Å². The minimum absolute atomic E-state index is 0.0766. The van der Waals surface area contributed by atoms with Gasteiger partial charge in [0.2, 0.25) is 0 Å². The van der Waals surface area contributed by atoms with Gasteiger partial charge in [0.25, 0.3) is 0 Å². The minimum atomic E-state index is 0.0766. The molecule has 0 spiro atoms. The Morgan fingerprint density at radius 2 is 2.20 bits per heavy atom. The lowest BCUT2D eigenvalue weighted by atomic mass is 9.91. The topological polar surface area (TPSA) is 82.7 Å². The van der Waals surface area contributed by atoms with Gasteiger partial charge in [-0.05, 0) is 19.8 Å². The smallest absolute Gasteiger partial charge is 0.163 e. The van der Waals surface area contributed by atoms with Crippen LogP contribution in [0.15, 0.2) is 24.9 Å². The van der Waals surface area contributed by atoms with Crippen LogP contribution in [0.1, 0.15) is 31.4 Å². The molecule has 25 heavy (non-hydrogen) atoms. The van der Waals surface area contributed by atoms with Crippen LogP contribution in [0.5, 0.6) is 0 Å². The molecule has 3 aromatic heterocycles. The first kappa shape index (κ1) is 16.0. The van der Waals surface area contributed by atoms with Crippen LogP contribution >= 0.6 is 0 Å². The quantitative estimate of drug-likeness (QED) is 0.766. The molecule has 8 heteroatoms. The molecule has 0 aliphatic carbocycles. The van der Waals surface area contributed by atoms with E-state index in [1.165, 1.54) is 0 Å². The number of hydrogen-bond donors (Lipinski definition) is 1. The standard InChI is InChI=1S/C17H23N7O/c1-3-24-10-13(8-22-24)15-12(5-4-6-25-15)7-18-16-14-9-21-23(2)17(14)20-11-19-16/h8-12,15H,3-7H2,1-2H3,(H,18,19,20)/t12-,15+/m0/s1. The highest BCUT2D eigenvalue weighted by Crippen LogP contribution is 2.34. The van der Waals surface area contributed by atoms with Crippen molar-refractivity contribution in [2.45, 2.75) is 32.4 Å². The van der Waals surface area contributed by atoms with E-state index in [0.29, 0.717) is 5.92 Å². The molecule has 2 atom stereocenters. The van der Waals surface area contributed by atoms with Gasteiger partial charge in [-0.3, -0.25) is 9.36 Å². The van der Waals surface area contributed by atoms with E-state index in [1.807, 2.05) is 17.9 Å². The van der Waals surface area contributed by atoms with Crippen LogP contribution < -0.4 is 5.32 Å². The number of nitrogens with one attached hydrogen (secondary N) is 1. The fourth-order valence-corrected chi connectivity index (χ4v) is 3.45. The summed E-state index contributed by atoms with van der Waals surface area (Å²) in [6.45, 7) is 4.56. The van der Waals surface area contributed by atoms with Gasteiger partial charge in [-0.2, -0.15) is 10.2 Å². The van der Waals surface area contributed by atoms with E-state index >= 15 is 0 Å². The van der Waals surface area contributed by atoms with Gasteiger partial charge in [-0.15, -0.1) is 0 Å². The highest BCUT2D eigenvalue weighted by molar-refractivity contribution is 5.85.